The molecule has 3 aromatic rings. The Morgan fingerprint density at radius 1 is 1.12 bits per heavy atom. The number of nitrogens with zero attached hydrogens (tertiary/aromatic N) is 3. The van der Waals surface area contributed by atoms with E-state index in [4.69, 9.17) is 0 Å². The second kappa shape index (κ2) is 6.86. The molecule has 0 saturated heterocycles. The molecule has 1 heterocycles. The predicted octanol–water partition coefficient (Wildman–Crippen LogP) is 2.87. The lowest BCUT2D eigenvalue weighted by molar-refractivity contribution is 0.251. The molecule has 2 N–H and O–H groups in total. The van der Waals surface area contributed by atoms with Crippen LogP contribution < -0.4 is 10.6 Å². The molecule has 0 radical (unpaired) electrons. The van der Waals surface area contributed by atoms with Crippen molar-refractivity contribution >= 4 is 11.7 Å². The monoisotopic (exact) mass is 329 g/mol. The van der Waals surface area contributed by atoms with Crippen LogP contribution in [0.15, 0.2) is 55.1 Å². The molecule has 0 saturated carbocycles. The summed E-state index contributed by atoms with van der Waals surface area (Å²) in [7, 11) is 0. The first-order valence-corrected chi connectivity index (χ1v) is 7.06. The van der Waals surface area contributed by atoms with Gasteiger partial charge >= 0.3 is 6.03 Å². The Bertz CT molecular complexity index is 851. The van der Waals surface area contributed by atoms with E-state index in [1.807, 2.05) is 0 Å². The van der Waals surface area contributed by atoms with Gasteiger partial charge in [-0.2, -0.15) is 5.10 Å². The molecule has 0 unspecified atom stereocenters. The van der Waals surface area contributed by atoms with E-state index in [1.54, 1.807) is 18.2 Å². The number of carbonyl (C=O) groups is 1. The van der Waals surface area contributed by atoms with E-state index in [0.717, 1.165) is 0 Å². The third-order valence-electron chi connectivity index (χ3n) is 3.27. The predicted molar refractivity (Wildman–Crippen MR) is 83.6 cm³/mol. The molecular formula is C16H13F2N5O. The minimum Gasteiger partial charge on any atom is -0.334 e. The summed E-state index contributed by atoms with van der Waals surface area (Å²) >= 11 is 0. The first-order valence-electron chi connectivity index (χ1n) is 7.06. The topological polar surface area (TPSA) is 71.8 Å². The Morgan fingerprint density at radius 3 is 2.67 bits per heavy atom. The van der Waals surface area contributed by atoms with Gasteiger partial charge in [-0.3, -0.25) is 0 Å². The maximum Gasteiger partial charge on any atom is 0.319 e. The lowest BCUT2D eigenvalue weighted by Crippen LogP contribution is -2.28. The van der Waals surface area contributed by atoms with Gasteiger partial charge in [0, 0.05) is 17.8 Å². The van der Waals surface area contributed by atoms with Crippen LogP contribution in [0, 0.1) is 11.6 Å². The molecule has 3 rings (SSSR count). The third kappa shape index (κ3) is 3.54. The quantitative estimate of drug-likeness (QED) is 0.773. The Kier molecular flexibility index (Phi) is 4.46. The molecule has 0 bridgehead atoms. The van der Waals surface area contributed by atoms with E-state index in [-0.39, 0.29) is 17.9 Å². The molecule has 0 aliphatic heterocycles. The first-order chi connectivity index (χ1) is 11.6. The van der Waals surface area contributed by atoms with Gasteiger partial charge in [-0.25, -0.2) is 23.2 Å². The minimum atomic E-state index is -0.564. The molecule has 24 heavy (non-hydrogen) atoms. The van der Waals surface area contributed by atoms with Crippen LogP contribution in [0.1, 0.15) is 5.56 Å². The number of urea groups is 1. The van der Waals surface area contributed by atoms with Crippen molar-refractivity contribution in [3.63, 3.8) is 0 Å². The number of hydrogen-bond acceptors (Lipinski definition) is 3. The second-order valence-electron chi connectivity index (χ2n) is 4.91. The van der Waals surface area contributed by atoms with Gasteiger partial charge in [-0.15, -0.1) is 0 Å². The van der Waals surface area contributed by atoms with E-state index in [1.165, 1.54) is 41.6 Å². The van der Waals surface area contributed by atoms with Crippen molar-refractivity contribution in [1.82, 2.24) is 20.1 Å². The first kappa shape index (κ1) is 15.6. The molecule has 6 nitrogen and oxygen atoms in total. The molecular weight excluding hydrogens is 316 g/mol. The van der Waals surface area contributed by atoms with Crippen molar-refractivity contribution < 1.29 is 13.6 Å². The van der Waals surface area contributed by atoms with Gasteiger partial charge in [-0.05, 0) is 24.3 Å². The van der Waals surface area contributed by atoms with Crippen molar-refractivity contribution in [2.75, 3.05) is 5.32 Å². The Morgan fingerprint density at radius 2 is 1.96 bits per heavy atom. The number of aromatic nitrogens is 3. The molecule has 0 atom stereocenters. The summed E-state index contributed by atoms with van der Waals surface area (Å²) in [6.07, 6.45) is 2.66. The van der Waals surface area contributed by atoms with E-state index >= 15 is 0 Å². The summed E-state index contributed by atoms with van der Waals surface area (Å²) < 4.78 is 28.8. The Labute approximate surface area is 136 Å². The minimum absolute atomic E-state index is 0.0258. The van der Waals surface area contributed by atoms with Crippen LogP contribution >= 0.6 is 0 Å². The third-order valence-corrected chi connectivity index (χ3v) is 3.27. The van der Waals surface area contributed by atoms with Crippen LogP contribution in [-0.4, -0.2) is 20.8 Å². The normalized spacial score (nSPS) is 10.4. The average Bonchev–Trinajstić information content (AvgIpc) is 3.08. The highest BCUT2D eigenvalue weighted by Crippen LogP contribution is 2.17. The van der Waals surface area contributed by atoms with E-state index < -0.39 is 17.7 Å². The fourth-order valence-electron chi connectivity index (χ4n) is 2.10. The summed E-state index contributed by atoms with van der Waals surface area (Å²) in [6, 6.07) is 9.73. The number of nitrogens with one attached hydrogen (secondary N) is 2. The van der Waals surface area contributed by atoms with Crippen LogP contribution in [0.3, 0.4) is 0 Å². The van der Waals surface area contributed by atoms with Gasteiger partial charge in [0.1, 0.15) is 24.2 Å². The highest BCUT2D eigenvalue weighted by atomic mass is 19.1. The van der Waals surface area contributed by atoms with Crippen LogP contribution in [0.5, 0.6) is 0 Å². The van der Waals surface area contributed by atoms with Crippen molar-refractivity contribution in [3.05, 3.63) is 72.3 Å². The van der Waals surface area contributed by atoms with Gasteiger partial charge in [0.05, 0.1) is 0 Å². The summed E-state index contributed by atoms with van der Waals surface area (Å²) in [5.74, 6) is -0.964. The molecule has 1 aromatic heterocycles. The van der Waals surface area contributed by atoms with Crippen LogP contribution in [0.25, 0.3) is 5.69 Å². The van der Waals surface area contributed by atoms with E-state index in [0.29, 0.717) is 5.56 Å². The average molecular weight is 329 g/mol. The molecule has 0 fully saturated rings. The van der Waals surface area contributed by atoms with Crippen LogP contribution in [0.4, 0.5) is 19.3 Å². The van der Waals surface area contributed by atoms with Crippen molar-refractivity contribution in [3.8, 4) is 5.69 Å². The highest BCUT2D eigenvalue weighted by Gasteiger charge is 2.09. The standard InChI is InChI=1S/C16H13F2N5O/c17-13-4-2-1-3-11(13)8-20-16(24)22-12-5-6-15(14(18)7-12)23-10-19-9-21-23/h1-7,9-10H,8H2,(H2,20,22,24). The number of hydrogen-bond donors (Lipinski definition) is 2. The van der Waals surface area contributed by atoms with Crippen molar-refractivity contribution in [2.24, 2.45) is 0 Å². The largest absolute Gasteiger partial charge is 0.334 e. The number of rotatable bonds is 4. The van der Waals surface area contributed by atoms with Gasteiger partial charge in [-0.1, -0.05) is 18.2 Å². The molecule has 0 aliphatic rings. The zero-order valence-electron chi connectivity index (χ0n) is 12.4. The lowest BCUT2D eigenvalue weighted by atomic mass is 10.2. The summed E-state index contributed by atoms with van der Waals surface area (Å²) in [6.45, 7) is 0.0258. The van der Waals surface area contributed by atoms with Gasteiger partial charge < -0.3 is 10.6 Å². The summed E-state index contributed by atoms with van der Waals surface area (Å²) in [5, 5.41) is 8.84. The van der Waals surface area contributed by atoms with Crippen molar-refractivity contribution in [2.45, 2.75) is 6.54 Å². The zero-order valence-corrected chi connectivity index (χ0v) is 12.4. The van der Waals surface area contributed by atoms with Gasteiger partial charge in [0.25, 0.3) is 0 Å². The molecule has 2 aromatic carbocycles. The van der Waals surface area contributed by atoms with E-state index in [2.05, 4.69) is 20.7 Å². The second-order valence-corrected chi connectivity index (χ2v) is 4.91. The van der Waals surface area contributed by atoms with Gasteiger partial charge in [0.15, 0.2) is 5.82 Å². The molecule has 8 heteroatoms. The maximum absolute atomic E-state index is 14.1. The van der Waals surface area contributed by atoms with Crippen LogP contribution in [-0.2, 0) is 6.54 Å². The number of amides is 2. The Hall–Kier alpha value is -3.29. The number of anilines is 1. The lowest BCUT2D eigenvalue weighted by Gasteiger charge is -2.09. The highest BCUT2D eigenvalue weighted by molar-refractivity contribution is 5.89. The van der Waals surface area contributed by atoms with Crippen molar-refractivity contribution in [1.29, 1.82) is 0 Å². The number of carbonyl (C=O) groups excluding carboxylic acids is 1. The molecule has 0 aliphatic carbocycles. The molecule has 2 amide bonds. The zero-order chi connectivity index (χ0) is 16.9. The fourth-order valence-corrected chi connectivity index (χ4v) is 2.10. The summed E-state index contributed by atoms with van der Waals surface area (Å²) in [4.78, 5) is 15.6. The number of benzene rings is 2. The van der Waals surface area contributed by atoms with Gasteiger partial charge in [0.2, 0.25) is 0 Å². The SMILES string of the molecule is O=C(NCc1ccccc1F)Nc1ccc(-n2cncn2)c(F)c1. The summed E-state index contributed by atoms with van der Waals surface area (Å²) in [5.41, 5.74) is 0.840. The smallest absolute Gasteiger partial charge is 0.319 e. The van der Waals surface area contributed by atoms with Crippen LogP contribution in [0.2, 0.25) is 0 Å². The maximum atomic E-state index is 14.1. The molecule has 122 valence electrons. The number of halogens is 2. The molecule has 0 spiro atoms. The fraction of sp³-hybridized carbons (Fsp3) is 0.0625. The Balaban J connectivity index is 1.62. The van der Waals surface area contributed by atoms with E-state index in [9.17, 15) is 13.6 Å².